The zero-order chi connectivity index (χ0) is 22.1. The van der Waals surface area contributed by atoms with Crippen LogP contribution in [0.15, 0.2) is 52.6 Å². The second-order valence-corrected chi connectivity index (χ2v) is 7.74. The third-order valence-electron chi connectivity index (χ3n) is 4.67. The first-order valence-corrected chi connectivity index (χ1v) is 10.2. The number of rotatable bonds is 5. The van der Waals surface area contributed by atoms with Crippen molar-refractivity contribution < 1.29 is 14.0 Å². The predicted molar refractivity (Wildman–Crippen MR) is 118 cm³/mol. The molecule has 0 saturated carbocycles. The molecule has 4 aromatic rings. The van der Waals surface area contributed by atoms with Crippen LogP contribution in [0.1, 0.15) is 6.92 Å². The van der Waals surface area contributed by atoms with Crippen LogP contribution in [0.2, 0.25) is 0 Å². The van der Waals surface area contributed by atoms with Gasteiger partial charge >= 0.3 is 5.69 Å². The summed E-state index contributed by atoms with van der Waals surface area (Å²) in [5.74, 6) is -1.26. The number of carbonyl (C=O) groups excluding carboxylic acids is 2. The summed E-state index contributed by atoms with van der Waals surface area (Å²) in [7, 11) is 1.65. The van der Waals surface area contributed by atoms with Crippen molar-refractivity contribution in [2.24, 2.45) is 7.05 Å². The molecule has 0 spiro atoms. The van der Waals surface area contributed by atoms with Crippen LogP contribution >= 0.6 is 11.3 Å². The molecule has 0 saturated heterocycles. The topological polar surface area (TPSA) is 98.0 Å². The van der Waals surface area contributed by atoms with Gasteiger partial charge in [0.1, 0.15) is 12.4 Å². The predicted octanol–water partition coefficient (Wildman–Crippen LogP) is 3.20. The normalized spacial score (nSPS) is 10.9. The van der Waals surface area contributed by atoms with E-state index in [0.717, 1.165) is 16.9 Å². The van der Waals surface area contributed by atoms with E-state index in [9.17, 15) is 18.8 Å². The van der Waals surface area contributed by atoms with E-state index in [1.807, 2.05) is 12.1 Å². The Morgan fingerprint density at radius 1 is 1.13 bits per heavy atom. The molecule has 2 N–H and O–H groups in total. The maximum atomic E-state index is 14.4. The lowest BCUT2D eigenvalue weighted by molar-refractivity contribution is -0.117. The highest BCUT2D eigenvalue weighted by Gasteiger charge is 2.16. The van der Waals surface area contributed by atoms with Crippen LogP contribution in [0.3, 0.4) is 0 Å². The van der Waals surface area contributed by atoms with E-state index in [4.69, 9.17) is 0 Å². The second-order valence-electron chi connectivity index (χ2n) is 6.88. The fraction of sp³-hybridized carbons (Fsp3) is 0.143. The van der Waals surface area contributed by atoms with Crippen LogP contribution in [0.4, 0.5) is 15.2 Å². The number of nitrogens with zero attached hydrogens (tertiary/aromatic N) is 3. The molecular formula is C21H18FN5O3S. The summed E-state index contributed by atoms with van der Waals surface area (Å²) in [6, 6.07) is 11.5. The van der Waals surface area contributed by atoms with Crippen molar-refractivity contribution in [3.05, 3.63) is 64.1 Å². The molecule has 4 rings (SSSR count). The van der Waals surface area contributed by atoms with Crippen molar-refractivity contribution in [2.75, 3.05) is 10.6 Å². The van der Waals surface area contributed by atoms with Gasteiger partial charge < -0.3 is 10.6 Å². The first kappa shape index (κ1) is 20.5. The summed E-state index contributed by atoms with van der Waals surface area (Å²) < 4.78 is 17.3. The summed E-state index contributed by atoms with van der Waals surface area (Å²) in [6.07, 6.45) is 0. The number of benzene rings is 2. The molecule has 2 heterocycles. The molecule has 0 aliphatic heterocycles. The number of amides is 2. The number of aromatic nitrogens is 3. The van der Waals surface area contributed by atoms with Crippen LogP contribution in [0, 0.1) is 5.82 Å². The Balaban J connectivity index is 1.51. The lowest BCUT2D eigenvalue weighted by Crippen LogP contribution is -2.28. The SMILES string of the molecule is CC(=O)Nc1ccc(-c2csc(NC(=O)Cn3c(=O)n(C)c4ccccc43)n2)c(F)c1. The van der Waals surface area contributed by atoms with Crippen LogP contribution in [-0.4, -0.2) is 25.9 Å². The monoisotopic (exact) mass is 439 g/mol. The van der Waals surface area contributed by atoms with Gasteiger partial charge in [0.05, 0.1) is 16.7 Å². The molecule has 2 aromatic carbocycles. The van der Waals surface area contributed by atoms with Crippen molar-refractivity contribution >= 4 is 45.0 Å². The average Bonchev–Trinajstić information content (AvgIpc) is 3.27. The summed E-state index contributed by atoms with van der Waals surface area (Å²) in [4.78, 5) is 40.4. The van der Waals surface area contributed by atoms with Crippen molar-refractivity contribution in [2.45, 2.75) is 13.5 Å². The first-order valence-electron chi connectivity index (χ1n) is 9.30. The Labute approximate surface area is 180 Å². The molecule has 0 fully saturated rings. The number of imidazole rings is 1. The van der Waals surface area contributed by atoms with E-state index in [2.05, 4.69) is 15.6 Å². The third kappa shape index (κ3) is 4.10. The number of hydrogen-bond acceptors (Lipinski definition) is 5. The van der Waals surface area contributed by atoms with Crippen LogP contribution in [0.5, 0.6) is 0 Å². The van der Waals surface area contributed by atoms with E-state index in [1.54, 1.807) is 30.6 Å². The minimum Gasteiger partial charge on any atom is -0.326 e. The summed E-state index contributed by atoms with van der Waals surface area (Å²) >= 11 is 1.15. The zero-order valence-electron chi connectivity index (χ0n) is 16.7. The highest BCUT2D eigenvalue weighted by molar-refractivity contribution is 7.14. The molecule has 2 aromatic heterocycles. The van der Waals surface area contributed by atoms with Gasteiger partial charge in [-0.3, -0.25) is 18.7 Å². The number of hydrogen-bond donors (Lipinski definition) is 2. The lowest BCUT2D eigenvalue weighted by Gasteiger charge is -2.05. The van der Waals surface area contributed by atoms with Gasteiger partial charge in [-0.25, -0.2) is 14.2 Å². The molecule has 31 heavy (non-hydrogen) atoms. The molecule has 0 unspecified atom stereocenters. The van der Waals surface area contributed by atoms with Gasteiger partial charge in [-0.2, -0.15) is 0 Å². The van der Waals surface area contributed by atoms with Gasteiger partial charge in [-0.15, -0.1) is 11.3 Å². The van der Waals surface area contributed by atoms with Crippen molar-refractivity contribution in [3.63, 3.8) is 0 Å². The maximum Gasteiger partial charge on any atom is 0.329 e. The lowest BCUT2D eigenvalue weighted by atomic mass is 10.1. The molecule has 2 amide bonds. The number of thiazole rings is 1. The average molecular weight is 439 g/mol. The second kappa shape index (κ2) is 8.15. The molecule has 0 radical (unpaired) electrons. The van der Waals surface area contributed by atoms with E-state index in [1.165, 1.54) is 28.2 Å². The Hall–Kier alpha value is -3.79. The molecule has 0 aliphatic carbocycles. The van der Waals surface area contributed by atoms with Gasteiger partial charge in [0.2, 0.25) is 11.8 Å². The molecule has 158 valence electrons. The minimum absolute atomic E-state index is 0.172. The van der Waals surface area contributed by atoms with Crippen LogP contribution in [-0.2, 0) is 23.2 Å². The Kier molecular flexibility index (Phi) is 5.38. The third-order valence-corrected chi connectivity index (χ3v) is 5.43. The summed E-state index contributed by atoms with van der Waals surface area (Å²) in [5, 5.41) is 7.08. The van der Waals surface area contributed by atoms with E-state index < -0.39 is 11.7 Å². The largest absolute Gasteiger partial charge is 0.329 e. The first-order chi connectivity index (χ1) is 14.8. The maximum absolute atomic E-state index is 14.4. The number of halogens is 1. The number of anilines is 2. The van der Waals surface area contributed by atoms with Crippen LogP contribution in [0.25, 0.3) is 22.3 Å². The number of nitrogens with one attached hydrogen (secondary N) is 2. The quantitative estimate of drug-likeness (QED) is 0.499. The summed E-state index contributed by atoms with van der Waals surface area (Å²) in [5.41, 5.74) is 2.04. The molecule has 8 nitrogen and oxygen atoms in total. The molecule has 0 bridgehead atoms. The minimum atomic E-state index is -0.545. The fourth-order valence-electron chi connectivity index (χ4n) is 3.28. The molecule has 10 heteroatoms. The summed E-state index contributed by atoms with van der Waals surface area (Å²) in [6.45, 7) is 1.17. The zero-order valence-corrected chi connectivity index (χ0v) is 17.5. The van der Waals surface area contributed by atoms with Gasteiger partial charge in [-0.1, -0.05) is 12.1 Å². The highest BCUT2D eigenvalue weighted by Crippen LogP contribution is 2.28. The van der Waals surface area contributed by atoms with Crippen molar-refractivity contribution in [1.29, 1.82) is 0 Å². The Morgan fingerprint density at radius 3 is 2.58 bits per heavy atom. The number of aryl methyl sites for hydroxylation is 1. The van der Waals surface area contributed by atoms with E-state index in [0.29, 0.717) is 22.0 Å². The van der Waals surface area contributed by atoms with Crippen LogP contribution < -0.4 is 16.3 Å². The van der Waals surface area contributed by atoms with Crippen molar-refractivity contribution in [3.8, 4) is 11.3 Å². The van der Waals surface area contributed by atoms with E-state index in [-0.39, 0.29) is 23.7 Å². The Bertz CT molecular complexity index is 1370. The van der Waals surface area contributed by atoms with Gasteiger partial charge in [-0.05, 0) is 30.3 Å². The van der Waals surface area contributed by atoms with Gasteiger partial charge in [0, 0.05) is 30.6 Å². The van der Waals surface area contributed by atoms with Gasteiger partial charge in [0.25, 0.3) is 0 Å². The fourth-order valence-corrected chi connectivity index (χ4v) is 4.00. The smallest absolute Gasteiger partial charge is 0.326 e. The number of para-hydroxylation sites is 2. The molecular weight excluding hydrogens is 421 g/mol. The number of fused-ring (bicyclic) bond motifs is 1. The standard InChI is InChI=1S/C21H18FN5O3S/c1-12(28)23-13-7-8-14(15(22)9-13)16-11-31-20(24-16)25-19(29)10-27-18-6-4-3-5-17(18)26(2)21(27)30/h3-9,11H,10H2,1-2H3,(H,23,28)(H,24,25,29). The number of carbonyl (C=O) groups is 2. The molecule has 0 aliphatic rings. The Morgan fingerprint density at radius 2 is 1.87 bits per heavy atom. The van der Waals surface area contributed by atoms with Crippen molar-refractivity contribution in [1.82, 2.24) is 14.1 Å². The van der Waals surface area contributed by atoms with Gasteiger partial charge in [0.15, 0.2) is 5.13 Å². The van der Waals surface area contributed by atoms with E-state index >= 15 is 0 Å². The molecule has 0 atom stereocenters. The highest BCUT2D eigenvalue weighted by atomic mass is 32.1.